The van der Waals surface area contributed by atoms with Crippen molar-refractivity contribution in [1.29, 1.82) is 0 Å². The van der Waals surface area contributed by atoms with Gasteiger partial charge in [0, 0.05) is 56.3 Å². The van der Waals surface area contributed by atoms with Gasteiger partial charge in [-0.05, 0) is 92.1 Å². The first-order valence-corrected chi connectivity index (χ1v) is 21.9. The average molecular weight is 822 g/mol. The maximum absolute atomic E-state index is 13.6. The minimum Gasteiger partial charge on any atom is -0.506 e. The van der Waals surface area contributed by atoms with Crippen molar-refractivity contribution in [2.45, 2.75) is 82.4 Å². The van der Waals surface area contributed by atoms with Gasteiger partial charge >= 0.3 is 0 Å². The van der Waals surface area contributed by atoms with Crippen LogP contribution in [-0.2, 0) is 38.4 Å². The van der Waals surface area contributed by atoms with E-state index in [1.807, 2.05) is 35.2 Å². The van der Waals surface area contributed by atoms with E-state index < -0.39 is 0 Å². The zero-order valence-corrected chi connectivity index (χ0v) is 34.6. The van der Waals surface area contributed by atoms with Gasteiger partial charge in [-0.1, -0.05) is 49.6 Å². The maximum atomic E-state index is 13.6. The van der Waals surface area contributed by atoms with E-state index >= 15 is 0 Å². The van der Waals surface area contributed by atoms with Gasteiger partial charge in [0.05, 0.1) is 44.7 Å². The van der Waals surface area contributed by atoms with Crippen molar-refractivity contribution >= 4 is 34.4 Å². The number of hydrogen-bond donors (Lipinski definition) is 3. The van der Waals surface area contributed by atoms with E-state index in [4.69, 9.17) is 18.6 Å². The van der Waals surface area contributed by atoms with Gasteiger partial charge in [-0.2, -0.15) is 0 Å². The Balaban J connectivity index is 0.745. The van der Waals surface area contributed by atoms with E-state index in [-0.39, 0.29) is 41.7 Å². The molecule has 60 heavy (non-hydrogen) atoms. The van der Waals surface area contributed by atoms with Gasteiger partial charge in [-0.15, -0.1) is 0 Å². The largest absolute Gasteiger partial charge is 0.506 e. The fraction of sp³-hybridized carbons (Fsp3) is 0.511. The summed E-state index contributed by atoms with van der Waals surface area (Å²) in [6.07, 6.45) is 10.9. The first kappa shape index (κ1) is 41.8. The number of ether oxygens (including phenoxy) is 3. The van der Waals surface area contributed by atoms with Crippen LogP contribution in [0.25, 0.3) is 11.0 Å². The quantitative estimate of drug-likeness (QED) is 0.0921. The van der Waals surface area contributed by atoms with Crippen LogP contribution in [0.1, 0.15) is 78.4 Å². The summed E-state index contributed by atoms with van der Waals surface area (Å²) in [7, 11) is 0. The van der Waals surface area contributed by atoms with Crippen molar-refractivity contribution < 1.29 is 38.1 Å². The highest BCUT2D eigenvalue weighted by atomic mass is 16.5. The summed E-state index contributed by atoms with van der Waals surface area (Å²) >= 11 is 0. The van der Waals surface area contributed by atoms with Gasteiger partial charge in [-0.3, -0.25) is 19.3 Å². The summed E-state index contributed by atoms with van der Waals surface area (Å²) < 4.78 is 23.5. The Kier molecular flexibility index (Phi) is 13.7. The number of benzene rings is 3. The molecule has 3 N–H and O–H groups in total. The van der Waals surface area contributed by atoms with Crippen LogP contribution in [0.3, 0.4) is 0 Å². The number of hydrogen-bond acceptors (Lipinski definition) is 10. The minimum absolute atomic E-state index is 0.00545. The molecule has 1 saturated carbocycles. The van der Waals surface area contributed by atoms with Gasteiger partial charge in [0.25, 0.3) is 11.8 Å². The Morgan fingerprint density at radius 3 is 2.67 bits per heavy atom. The third-order valence-electron chi connectivity index (χ3n) is 12.7. The summed E-state index contributed by atoms with van der Waals surface area (Å²) in [6, 6.07) is 19.9. The number of phenols is 1. The number of piperidine rings is 1. The number of anilines is 1. The van der Waals surface area contributed by atoms with Gasteiger partial charge in [0.2, 0.25) is 5.91 Å². The molecule has 0 bridgehead atoms. The maximum Gasteiger partial charge on any atom is 0.262 e. The molecule has 1 spiro atoms. The lowest BCUT2D eigenvalue weighted by atomic mass is 9.88. The van der Waals surface area contributed by atoms with Crippen LogP contribution in [0.2, 0.25) is 0 Å². The predicted octanol–water partition coefficient (Wildman–Crippen LogP) is 5.92. The highest BCUT2D eigenvalue weighted by Gasteiger charge is 2.41. The number of carbonyl (C=O) groups excluding carboxylic acids is 3. The summed E-state index contributed by atoms with van der Waals surface area (Å²) in [5, 5.41) is 17.3. The normalized spacial score (nSPS) is 18.3. The van der Waals surface area contributed by atoms with Crippen LogP contribution in [-0.4, -0.2) is 121 Å². The van der Waals surface area contributed by atoms with E-state index in [0.717, 1.165) is 81.1 Å². The molecule has 4 aliphatic rings. The average Bonchev–Trinajstić information content (AvgIpc) is 3.75. The molecule has 2 saturated heterocycles. The topological polar surface area (TPSA) is 146 Å². The van der Waals surface area contributed by atoms with E-state index in [1.165, 1.54) is 17.5 Å². The van der Waals surface area contributed by atoms with Crippen LogP contribution < -0.4 is 15.4 Å². The van der Waals surface area contributed by atoms with Gasteiger partial charge < -0.3 is 44.2 Å². The number of likely N-dealkylation sites (tertiary alicyclic amines) is 1. The second-order valence-electron chi connectivity index (χ2n) is 16.8. The van der Waals surface area contributed by atoms with Crippen LogP contribution in [0, 0.1) is 0 Å². The number of morpholine rings is 1. The van der Waals surface area contributed by atoms with Crippen LogP contribution in [0.15, 0.2) is 71.3 Å². The van der Waals surface area contributed by atoms with E-state index in [9.17, 15) is 19.5 Å². The molecule has 3 fully saturated rings. The molecular weight excluding hydrogens is 763 g/mol. The highest BCUT2D eigenvalue weighted by Crippen LogP contribution is 2.39. The van der Waals surface area contributed by atoms with Gasteiger partial charge in [0.1, 0.15) is 17.0 Å². The molecule has 0 atom stereocenters. The number of carbonyl (C=O) groups is 3. The first-order chi connectivity index (χ1) is 29.3. The Morgan fingerprint density at radius 2 is 1.80 bits per heavy atom. The molecule has 4 heterocycles. The molecule has 1 aromatic heterocycles. The van der Waals surface area contributed by atoms with Crippen LogP contribution in [0.5, 0.6) is 11.5 Å². The lowest BCUT2D eigenvalue weighted by Gasteiger charge is -2.47. The van der Waals surface area contributed by atoms with Crippen LogP contribution in [0.4, 0.5) is 5.69 Å². The SMILES string of the molecule is O=C1COc2c(CCNCCN(C(=O)CCOCCc3cccc(CN4CCC5(CC4)CN(C(=O)c4ccc6occc6c4)CCO5)c3)C3CCCCC3)ccc(O)c2N1. The van der Waals surface area contributed by atoms with Crippen molar-refractivity contribution in [3.05, 3.63) is 89.2 Å². The molecule has 1 aliphatic carbocycles. The molecular formula is C47H59N5O8. The molecule has 320 valence electrons. The lowest BCUT2D eigenvalue weighted by molar-refractivity contribution is -0.135. The number of nitrogens with zero attached hydrogens (tertiary/aromatic N) is 3. The summed E-state index contributed by atoms with van der Waals surface area (Å²) in [4.78, 5) is 45.3. The number of nitrogens with one attached hydrogen (secondary N) is 2. The van der Waals surface area contributed by atoms with E-state index in [0.29, 0.717) is 82.4 Å². The lowest BCUT2D eigenvalue weighted by Crippen LogP contribution is -2.57. The van der Waals surface area contributed by atoms with Crippen molar-refractivity contribution in [3.8, 4) is 11.5 Å². The molecule has 3 amide bonds. The van der Waals surface area contributed by atoms with Crippen molar-refractivity contribution in [3.63, 3.8) is 0 Å². The number of phenolic OH excluding ortho intramolecular Hbond substituents is 1. The number of amides is 3. The fourth-order valence-corrected chi connectivity index (χ4v) is 9.32. The zero-order valence-electron chi connectivity index (χ0n) is 34.6. The predicted molar refractivity (Wildman–Crippen MR) is 228 cm³/mol. The Morgan fingerprint density at radius 1 is 0.950 bits per heavy atom. The second-order valence-corrected chi connectivity index (χ2v) is 16.8. The van der Waals surface area contributed by atoms with E-state index in [1.54, 1.807) is 12.3 Å². The standard InChI is InChI=1S/C47H59N5O8/c53-40-11-9-36(45-44(40)49-42(54)32-59-45)13-19-48-20-23-52(39-7-2-1-3-8-39)43(55)16-26-57-25-14-34-5-4-6-35(29-34)31-50-21-17-47(18-22-50)33-51(24-28-60-47)46(56)38-10-12-41-37(30-38)15-27-58-41/h4-6,9-12,15,27,29-30,39,48,53H,1-3,7-8,13-14,16-26,28,31-33H2,(H,49,54). The van der Waals surface area contributed by atoms with Crippen molar-refractivity contribution in [1.82, 2.24) is 20.0 Å². The molecule has 8 rings (SSSR count). The summed E-state index contributed by atoms with van der Waals surface area (Å²) in [5.74, 6) is 0.437. The van der Waals surface area contributed by atoms with Crippen molar-refractivity contribution in [2.24, 2.45) is 0 Å². The highest BCUT2D eigenvalue weighted by molar-refractivity contribution is 5.98. The van der Waals surface area contributed by atoms with Crippen LogP contribution >= 0.6 is 0 Å². The first-order valence-electron chi connectivity index (χ1n) is 21.9. The Labute approximate surface area is 352 Å². The second kappa shape index (κ2) is 19.6. The van der Waals surface area contributed by atoms with Gasteiger partial charge in [0.15, 0.2) is 12.4 Å². The third kappa shape index (κ3) is 10.3. The monoisotopic (exact) mass is 821 g/mol. The minimum atomic E-state index is -0.302. The molecule has 0 unspecified atom stereocenters. The number of aromatic hydroxyl groups is 1. The number of rotatable bonds is 16. The Hall–Kier alpha value is -4.95. The Bertz CT molecular complexity index is 2110. The smallest absolute Gasteiger partial charge is 0.262 e. The van der Waals surface area contributed by atoms with E-state index in [2.05, 4.69) is 44.7 Å². The molecule has 13 nitrogen and oxygen atoms in total. The molecule has 0 radical (unpaired) electrons. The molecule has 3 aromatic carbocycles. The summed E-state index contributed by atoms with van der Waals surface area (Å²) in [5.41, 5.74) is 4.91. The number of furan rings is 1. The van der Waals surface area contributed by atoms with Gasteiger partial charge in [-0.25, -0.2) is 0 Å². The molecule has 3 aliphatic heterocycles. The fourth-order valence-electron chi connectivity index (χ4n) is 9.32. The third-order valence-corrected chi connectivity index (χ3v) is 12.7. The molecule has 13 heteroatoms. The molecule has 4 aromatic rings. The van der Waals surface area contributed by atoms with Crippen molar-refractivity contribution in [2.75, 3.05) is 77.6 Å². The number of fused-ring (bicyclic) bond motifs is 2. The zero-order chi connectivity index (χ0) is 41.3. The summed E-state index contributed by atoms with van der Waals surface area (Å²) in [6.45, 7) is 7.36.